The number of nitrogens with zero attached hydrogens (tertiary/aromatic N) is 1. The van der Waals surface area contributed by atoms with E-state index in [0.29, 0.717) is 11.4 Å². The van der Waals surface area contributed by atoms with Crippen molar-refractivity contribution in [2.24, 2.45) is 0 Å². The van der Waals surface area contributed by atoms with E-state index >= 15 is 0 Å². The molecule has 0 aromatic heterocycles. The van der Waals surface area contributed by atoms with E-state index in [-0.39, 0.29) is 16.7 Å². The van der Waals surface area contributed by atoms with E-state index in [1.807, 2.05) is 0 Å². The van der Waals surface area contributed by atoms with Crippen LogP contribution in [0, 0.1) is 0 Å². The summed E-state index contributed by atoms with van der Waals surface area (Å²) in [5.41, 5.74) is 9.52. The second kappa shape index (κ2) is 4.88. The van der Waals surface area contributed by atoms with Crippen LogP contribution in [0.2, 0.25) is 0 Å². The molecule has 0 atom stereocenters. The van der Waals surface area contributed by atoms with Crippen LogP contribution in [0.15, 0.2) is 42.5 Å². The maximum Gasteiger partial charge on any atom is 0.335 e. The van der Waals surface area contributed by atoms with E-state index in [1.54, 1.807) is 24.3 Å². The molecule has 2 aromatic rings. The van der Waals surface area contributed by atoms with E-state index in [4.69, 9.17) is 10.8 Å². The average Bonchev–Trinajstić information content (AvgIpc) is 2.74. The third-order valence-corrected chi connectivity index (χ3v) is 3.29. The maximum atomic E-state index is 12.3. The van der Waals surface area contributed by atoms with Gasteiger partial charge in [-0.15, -0.1) is 0 Å². The number of nitrogens with two attached hydrogens (primary N) is 1. The van der Waals surface area contributed by atoms with Crippen LogP contribution in [0.3, 0.4) is 0 Å². The first-order chi connectivity index (χ1) is 10.5. The first-order valence-corrected chi connectivity index (χ1v) is 6.35. The Bertz CT molecular complexity index is 799. The molecule has 7 nitrogen and oxygen atoms in total. The minimum absolute atomic E-state index is 0.0470. The third-order valence-electron chi connectivity index (χ3n) is 3.29. The zero-order valence-corrected chi connectivity index (χ0v) is 11.2. The van der Waals surface area contributed by atoms with Gasteiger partial charge < -0.3 is 10.8 Å². The SMILES string of the molecule is Nc1ccc(NN2C(=O)c3ccc(C(=O)O)cc3C2=O)cc1. The minimum atomic E-state index is -1.16. The van der Waals surface area contributed by atoms with Gasteiger partial charge in [0.25, 0.3) is 11.8 Å². The lowest BCUT2D eigenvalue weighted by molar-refractivity contribution is 0.0684. The summed E-state index contributed by atoms with van der Waals surface area (Å²) in [4.78, 5) is 35.5. The van der Waals surface area contributed by atoms with E-state index in [2.05, 4.69) is 5.43 Å². The Kier molecular flexibility index (Phi) is 3.03. The lowest BCUT2D eigenvalue weighted by Gasteiger charge is -2.16. The number of hydrogen-bond acceptors (Lipinski definition) is 5. The molecule has 0 fully saturated rings. The molecule has 1 aliphatic rings. The first-order valence-electron chi connectivity index (χ1n) is 6.35. The molecule has 2 aromatic carbocycles. The van der Waals surface area contributed by atoms with Crippen molar-refractivity contribution in [1.82, 2.24) is 5.01 Å². The molecule has 2 amide bonds. The molecular weight excluding hydrogens is 286 g/mol. The maximum absolute atomic E-state index is 12.3. The second-order valence-corrected chi connectivity index (χ2v) is 4.75. The summed E-state index contributed by atoms with van der Waals surface area (Å²) >= 11 is 0. The molecule has 0 radical (unpaired) electrons. The van der Waals surface area contributed by atoms with Crippen LogP contribution >= 0.6 is 0 Å². The van der Waals surface area contributed by atoms with Crippen molar-refractivity contribution in [3.63, 3.8) is 0 Å². The van der Waals surface area contributed by atoms with Gasteiger partial charge in [-0.25, -0.2) is 4.79 Å². The van der Waals surface area contributed by atoms with Crippen molar-refractivity contribution in [3.05, 3.63) is 59.2 Å². The smallest absolute Gasteiger partial charge is 0.335 e. The zero-order valence-electron chi connectivity index (χ0n) is 11.2. The average molecular weight is 297 g/mol. The fourth-order valence-corrected chi connectivity index (χ4v) is 2.16. The van der Waals surface area contributed by atoms with Gasteiger partial charge in [-0.2, -0.15) is 5.01 Å². The van der Waals surface area contributed by atoms with Gasteiger partial charge in [-0.05, 0) is 42.5 Å². The third kappa shape index (κ3) is 2.14. The standard InChI is InChI=1S/C15H11N3O4/c16-9-2-4-10(5-3-9)17-18-13(19)11-6-1-8(15(21)22)7-12(11)14(18)20/h1-7,17H,16H2,(H,21,22). The van der Waals surface area contributed by atoms with E-state index in [9.17, 15) is 14.4 Å². The molecule has 3 rings (SSSR count). The molecule has 0 saturated heterocycles. The van der Waals surface area contributed by atoms with Crippen LogP contribution in [0.1, 0.15) is 31.1 Å². The number of carboxylic acid groups (broad SMARTS) is 1. The lowest BCUT2D eigenvalue weighted by Crippen LogP contribution is -2.35. The highest BCUT2D eigenvalue weighted by Gasteiger charge is 2.36. The number of nitrogens with one attached hydrogen (secondary N) is 1. The quantitative estimate of drug-likeness (QED) is 0.585. The summed E-state index contributed by atoms with van der Waals surface area (Å²) in [6, 6.07) is 10.3. The molecule has 0 aliphatic carbocycles. The van der Waals surface area contributed by atoms with Crippen molar-refractivity contribution < 1.29 is 19.5 Å². The summed E-state index contributed by atoms with van der Waals surface area (Å²) < 4.78 is 0. The van der Waals surface area contributed by atoms with Gasteiger partial charge in [0.2, 0.25) is 0 Å². The number of nitrogen functional groups attached to an aromatic ring is 1. The molecule has 110 valence electrons. The Labute approximate surface area is 124 Å². The highest BCUT2D eigenvalue weighted by molar-refractivity contribution is 6.22. The van der Waals surface area contributed by atoms with Gasteiger partial charge in [0, 0.05) is 5.69 Å². The van der Waals surface area contributed by atoms with Crippen LogP contribution in [0.5, 0.6) is 0 Å². The van der Waals surface area contributed by atoms with E-state index in [0.717, 1.165) is 5.01 Å². The van der Waals surface area contributed by atoms with Crippen LogP contribution < -0.4 is 11.2 Å². The highest BCUT2D eigenvalue weighted by Crippen LogP contribution is 2.25. The lowest BCUT2D eigenvalue weighted by atomic mass is 10.1. The van der Waals surface area contributed by atoms with Gasteiger partial charge in [0.1, 0.15) is 0 Å². The number of hydrogen-bond donors (Lipinski definition) is 3. The molecular formula is C15H11N3O4. The number of aromatic carboxylic acids is 1. The van der Waals surface area contributed by atoms with Crippen LogP contribution in [-0.2, 0) is 0 Å². The number of rotatable bonds is 3. The summed E-state index contributed by atoms with van der Waals surface area (Å²) in [7, 11) is 0. The second-order valence-electron chi connectivity index (χ2n) is 4.75. The number of imide groups is 1. The molecule has 1 heterocycles. The summed E-state index contributed by atoms with van der Waals surface area (Å²) in [5.74, 6) is -2.29. The number of amides is 2. The number of hydrazine groups is 1. The first kappa shape index (κ1) is 13.6. The van der Waals surface area contributed by atoms with Crippen molar-refractivity contribution in [1.29, 1.82) is 0 Å². The minimum Gasteiger partial charge on any atom is -0.478 e. The summed E-state index contributed by atoms with van der Waals surface area (Å²) in [6.07, 6.45) is 0. The number of anilines is 2. The van der Waals surface area contributed by atoms with Gasteiger partial charge in [-0.1, -0.05) is 0 Å². The van der Waals surface area contributed by atoms with Crippen LogP contribution in [0.4, 0.5) is 11.4 Å². The fourth-order valence-electron chi connectivity index (χ4n) is 2.16. The van der Waals surface area contributed by atoms with Gasteiger partial charge in [0.15, 0.2) is 0 Å². The van der Waals surface area contributed by atoms with Crippen molar-refractivity contribution in [2.75, 3.05) is 11.2 Å². The number of benzene rings is 2. The fraction of sp³-hybridized carbons (Fsp3) is 0. The Morgan fingerprint density at radius 2 is 1.64 bits per heavy atom. The van der Waals surface area contributed by atoms with Crippen LogP contribution in [-0.4, -0.2) is 27.9 Å². The molecule has 4 N–H and O–H groups in total. The molecule has 0 unspecified atom stereocenters. The van der Waals surface area contributed by atoms with Gasteiger partial charge >= 0.3 is 5.97 Å². The van der Waals surface area contributed by atoms with Gasteiger partial charge in [-0.3, -0.25) is 15.0 Å². The largest absolute Gasteiger partial charge is 0.478 e. The number of carboxylic acids is 1. The van der Waals surface area contributed by atoms with Crippen molar-refractivity contribution in [2.45, 2.75) is 0 Å². The van der Waals surface area contributed by atoms with Gasteiger partial charge in [0.05, 0.1) is 22.4 Å². The summed E-state index contributed by atoms with van der Waals surface area (Å²) in [6.45, 7) is 0. The predicted molar refractivity (Wildman–Crippen MR) is 78.4 cm³/mol. The summed E-state index contributed by atoms with van der Waals surface area (Å²) in [5, 5.41) is 9.81. The highest BCUT2D eigenvalue weighted by atomic mass is 16.4. The molecule has 0 bridgehead atoms. The van der Waals surface area contributed by atoms with Crippen LogP contribution in [0.25, 0.3) is 0 Å². The van der Waals surface area contributed by atoms with Crippen molar-refractivity contribution >= 4 is 29.2 Å². The Morgan fingerprint density at radius 1 is 1.00 bits per heavy atom. The Morgan fingerprint density at radius 3 is 2.27 bits per heavy atom. The normalized spacial score (nSPS) is 13.2. The predicted octanol–water partition coefficient (Wildman–Crippen LogP) is 1.59. The Hall–Kier alpha value is -3.35. The topological polar surface area (TPSA) is 113 Å². The number of carbonyl (C=O) groups excluding carboxylic acids is 2. The number of carbonyl (C=O) groups is 3. The molecule has 0 saturated carbocycles. The monoisotopic (exact) mass is 297 g/mol. The Balaban J connectivity index is 1.92. The zero-order chi connectivity index (χ0) is 15.9. The van der Waals surface area contributed by atoms with E-state index < -0.39 is 17.8 Å². The number of fused-ring (bicyclic) bond motifs is 1. The van der Waals surface area contributed by atoms with E-state index in [1.165, 1.54) is 18.2 Å². The molecule has 7 heteroatoms. The molecule has 0 spiro atoms. The molecule has 1 aliphatic heterocycles. The molecule has 22 heavy (non-hydrogen) atoms. The van der Waals surface area contributed by atoms with Crippen molar-refractivity contribution in [3.8, 4) is 0 Å².